The highest BCUT2D eigenvalue weighted by molar-refractivity contribution is 5.80. The number of rotatable bonds is 7. The zero-order chi connectivity index (χ0) is 21.5. The minimum absolute atomic E-state index is 0.661. The van der Waals surface area contributed by atoms with Crippen LogP contribution in [0.3, 0.4) is 0 Å². The molecule has 3 rings (SSSR count). The molecule has 0 unspecified atom stereocenters. The molecule has 0 spiro atoms. The van der Waals surface area contributed by atoms with Crippen molar-refractivity contribution in [2.75, 3.05) is 59.0 Å². The number of hydrogen-bond donors (Lipinski definition) is 1. The number of aromatic nitrogens is 2. The molecule has 1 saturated heterocycles. The highest BCUT2D eigenvalue weighted by Crippen LogP contribution is 2.22. The molecule has 0 aliphatic carbocycles. The Bertz CT molecular complexity index is 855. The molecular formula is C22H34N6O2. The molecule has 0 saturated carbocycles. The first kappa shape index (κ1) is 22.0. The van der Waals surface area contributed by atoms with Crippen LogP contribution in [-0.2, 0) is 17.8 Å². The summed E-state index contributed by atoms with van der Waals surface area (Å²) >= 11 is 0. The van der Waals surface area contributed by atoms with Crippen LogP contribution in [0.25, 0.3) is 0 Å². The Balaban J connectivity index is 1.57. The lowest BCUT2D eigenvalue weighted by Crippen LogP contribution is -2.52. The van der Waals surface area contributed by atoms with Crippen molar-refractivity contribution in [2.45, 2.75) is 26.9 Å². The van der Waals surface area contributed by atoms with Crippen molar-refractivity contribution in [2.24, 2.45) is 4.99 Å². The second-order valence-electron chi connectivity index (χ2n) is 7.44. The van der Waals surface area contributed by atoms with E-state index in [9.17, 15) is 0 Å². The maximum absolute atomic E-state index is 5.36. The second-order valence-corrected chi connectivity index (χ2v) is 7.44. The standard InChI is InChI=1S/C22H34N6O2/c1-17-21(18(2)28(25-17)13-14-29-4)16-24-22(23-3)27-11-9-26(10-12-27)19-7-6-8-20(15-19)30-5/h6-8,15H,9-14,16H2,1-5H3,(H,23,24). The predicted molar refractivity (Wildman–Crippen MR) is 121 cm³/mol. The number of anilines is 1. The molecule has 1 aliphatic heterocycles. The third-order valence-corrected chi connectivity index (χ3v) is 5.67. The summed E-state index contributed by atoms with van der Waals surface area (Å²) in [5.74, 6) is 1.83. The molecule has 0 bridgehead atoms. The van der Waals surface area contributed by atoms with Gasteiger partial charge >= 0.3 is 0 Å². The van der Waals surface area contributed by atoms with E-state index >= 15 is 0 Å². The molecule has 1 aromatic carbocycles. The Morgan fingerprint density at radius 3 is 2.60 bits per heavy atom. The molecular weight excluding hydrogens is 380 g/mol. The van der Waals surface area contributed by atoms with Gasteiger partial charge in [-0.25, -0.2) is 0 Å². The summed E-state index contributed by atoms with van der Waals surface area (Å²) in [6.45, 7) is 10.0. The van der Waals surface area contributed by atoms with Gasteiger partial charge in [0.1, 0.15) is 5.75 Å². The largest absolute Gasteiger partial charge is 0.497 e. The molecule has 2 heterocycles. The quantitative estimate of drug-likeness (QED) is 0.553. The van der Waals surface area contributed by atoms with Gasteiger partial charge in [0.25, 0.3) is 0 Å². The number of hydrogen-bond acceptors (Lipinski definition) is 5. The van der Waals surface area contributed by atoms with Crippen LogP contribution >= 0.6 is 0 Å². The van der Waals surface area contributed by atoms with Crippen molar-refractivity contribution in [1.29, 1.82) is 0 Å². The molecule has 1 aliphatic rings. The second kappa shape index (κ2) is 10.3. The summed E-state index contributed by atoms with van der Waals surface area (Å²) in [5, 5.41) is 8.18. The number of nitrogens with zero attached hydrogens (tertiary/aromatic N) is 5. The lowest BCUT2D eigenvalue weighted by atomic mass is 10.2. The fourth-order valence-electron chi connectivity index (χ4n) is 3.87. The number of aliphatic imine (C=N–C) groups is 1. The first-order valence-corrected chi connectivity index (χ1v) is 10.4. The monoisotopic (exact) mass is 414 g/mol. The van der Waals surface area contributed by atoms with Crippen LogP contribution in [0.5, 0.6) is 5.75 Å². The summed E-state index contributed by atoms with van der Waals surface area (Å²) in [6, 6.07) is 8.25. The number of piperazine rings is 1. The smallest absolute Gasteiger partial charge is 0.194 e. The zero-order valence-corrected chi connectivity index (χ0v) is 18.8. The molecule has 1 aromatic heterocycles. The number of nitrogens with one attached hydrogen (secondary N) is 1. The van der Waals surface area contributed by atoms with Crippen molar-refractivity contribution in [3.05, 3.63) is 41.2 Å². The minimum atomic E-state index is 0.661. The average Bonchev–Trinajstić information content (AvgIpc) is 3.05. The Hall–Kier alpha value is -2.74. The summed E-state index contributed by atoms with van der Waals surface area (Å²) in [4.78, 5) is 9.22. The predicted octanol–water partition coefficient (Wildman–Crippen LogP) is 2.05. The summed E-state index contributed by atoms with van der Waals surface area (Å²) in [5.41, 5.74) is 4.65. The van der Waals surface area contributed by atoms with E-state index in [1.807, 2.05) is 23.9 Å². The SMILES string of the molecule is CN=C(NCc1c(C)nn(CCOC)c1C)N1CCN(c2cccc(OC)c2)CC1. The summed E-state index contributed by atoms with van der Waals surface area (Å²) in [6.07, 6.45) is 0. The van der Waals surface area contributed by atoms with Gasteiger partial charge in [0.05, 0.1) is 26.0 Å². The van der Waals surface area contributed by atoms with Crippen LogP contribution in [0.1, 0.15) is 17.0 Å². The summed E-state index contributed by atoms with van der Waals surface area (Å²) < 4.78 is 12.6. The van der Waals surface area contributed by atoms with Crippen molar-refractivity contribution in [3.63, 3.8) is 0 Å². The molecule has 1 N–H and O–H groups in total. The number of benzene rings is 1. The van der Waals surface area contributed by atoms with Crippen molar-refractivity contribution < 1.29 is 9.47 Å². The third-order valence-electron chi connectivity index (χ3n) is 5.67. The van der Waals surface area contributed by atoms with E-state index in [1.54, 1.807) is 14.2 Å². The maximum atomic E-state index is 5.36. The van der Waals surface area contributed by atoms with Gasteiger partial charge in [0.15, 0.2) is 5.96 Å². The molecule has 0 atom stereocenters. The first-order chi connectivity index (χ1) is 14.6. The Morgan fingerprint density at radius 1 is 1.17 bits per heavy atom. The minimum Gasteiger partial charge on any atom is -0.497 e. The van der Waals surface area contributed by atoms with Crippen LogP contribution in [-0.4, -0.2) is 74.7 Å². The normalized spacial score (nSPS) is 14.9. The van der Waals surface area contributed by atoms with E-state index in [0.29, 0.717) is 13.2 Å². The molecule has 2 aromatic rings. The van der Waals surface area contributed by atoms with Gasteiger partial charge in [-0.2, -0.15) is 5.10 Å². The maximum Gasteiger partial charge on any atom is 0.194 e. The van der Waals surface area contributed by atoms with E-state index in [1.165, 1.54) is 16.9 Å². The van der Waals surface area contributed by atoms with Gasteiger partial charge in [-0.15, -0.1) is 0 Å². The Morgan fingerprint density at radius 2 is 1.93 bits per heavy atom. The first-order valence-electron chi connectivity index (χ1n) is 10.4. The van der Waals surface area contributed by atoms with E-state index in [-0.39, 0.29) is 0 Å². The van der Waals surface area contributed by atoms with Crippen molar-refractivity contribution in [3.8, 4) is 5.75 Å². The van der Waals surface area contributed by atoms with Crippen LogP contribution in [0, 0.1) is 13.8 Å². The average molecular weight is 415 g/mol. The van der Waals surface area contributed by atoms with Crippen LogP contribution in [0.2, 0.25) is 0 Å². The van der Waals surface area contributed by atoms with E-state index in [2.05, 4.69) is 51.2 Å². The molecule has 0 amide bonds. The highest BCUT2D eigenvalue weighted by Gasteiger charge is 2.21. The van der Waals surface area contributed by atoms with E-state index in [4.69, 9.17) is 9.47 Å². The van der Waals surface area contributed by atoms with Gasteiger partial charge < -0.3 is 24.6 Å². The van der Waals surface area contributed by atoms with Crippen LogP contribution in [0.4, 0.5) is 5.69 Å². The number of aryl methyl sites for hydroxylation is 1. The summed E-state index contributed by atoms with van der Waals surface area (Å²) in [7, 11) is 5.27. The van der Waals surface area contributed by atoms with Gasteiger partial charge in [-0.1, -0.05) is 6.07 Å². The molecule has 8 heteroatoms. The van der Waals surface area contributed by atoms with Gasteiger partial charge in [-0.05, 0) is 26.0 Å². The van der Waals surface area contributed by atoms with Gasteiger partial charge in [0.2, 0.25) is 0 Å². The number of methoxy groups -OCH3 is 2. The van der Waals surface area contributed by atoms with E-state index < -0.39 is 0 Å². The Labute approximate surface area is 179 Å². The Kier molecular flexibility index (Phi) is 7.57. The van der Waals surface area contributed by atoms with Gasteiger partial charge in [-0.3, -0.25) is 9.67 Å². The molecule has 1 fully saturated rings. The third kappa shape index (κ3) is 5.05. The van der Waals surface area contributed by atoms with Crippen molar-refractivity contribution in [1.82, 2.24) is 20.0 Å². The molecule has 164 valence electrons. The van der Waals surface area contributed by atoms with E-state index in [0.717, 1.165) is 50.1 Å². The van der Waals surface area contributed by atoms with Crippen LogP contribution in [0.15, 0.2) is 29.3 Å². The number of ether oxygens (including phenoxy) is 2. The molecule has 0 radical (unpaired) electrons. The lowest BCUT2D eigenvalue weighted by molar-refractivity contribution is 0.182. The van der Waals surface area contributed by atoms with Crippen molar-refractivity contribution >= 4 is 11.6 Å². The van der Waals surface area contributed by atoms with Crippen LogP contribution < -0.4 is 15.0 Å². The molecule has 30 heavy (non-hydrogen) atoms. The fourth-order valence-corrected chi connectivity index (χ4v) is 3.87. The zero-order valence-electron chi connectivity index (χ0n) is 18.8. The number of guanidine groups is 1. The topological polar surface area (TPSA) is 67.2 Å². The van der Waals surface area contributed by atoms with Gasteiger partial charge in [0, 0.05) is 69.9 Å². The highest BCUT2D eigenvalue weighted by atomic mass is 16.5. The molecule has 8 nitrogen and oxygen atoms in total. The lowest BCUT2D eigenvalue weighted by Gasteiger charge is -2.37. The fraction of sp³-hybridized carbons (Fsp3) is 0.545.